The molecule has 0 saturated carbocycles. The first kappa shape index (κ1) is 11.6. The summed E-state index contributed by atoms with van der Waals surface area (Å²) in [5.74, 6) is -0.140. The number of phenols is 1. The number of hydrogen-bond acceptors (Lipinski definition) is 5. The molecule has 0 bridgehead atoms. The second-order valence-corrected chi connectivity index (χ2v) is 3.50. The molecule has 0 fully saturated rings. The van der Waals surface area contributed by atoms with Crippen molar-refractivity contribution in [2.45, 2.75) is 6.92 Å². The van der Waals surface area contributed by atoms with Crippen LogP contribution in [0.4, 0.5) is 4.79 Å². The molecule has 0 aromatic heterocycles. The van der Waals surface area contributed by atoms with Gasteiger partial charge in [-0.3, -0.25) is 4.79 Å². The van der Waals surface area contributed by atoms with E-state index >= 15 is 0 Å². The van der Waals surface area contributed by atoms with Crippen LogP contribution in [0.5, 0.6) is 5.75 Å². The van der Waals surface area contributed by atoms with Crippen molar-refractivity contribution in [3.8, 4) is 5.75 Å². The van der Waals surface area contributed by atoms with Crippen LogP contribution in [0.15, 0.2) is 24.3 Å². The zero-order chi connectivity index (χ0) is 11.3. The van der Waals surface area contributed by atoms with Gasteiger partial charge in [0.2, 0.25) is 5.12 Å². The van der Waals surface area contributed by atoms with Crippen LogP contribution in [0.3, 0.4) is 0 Å². The third-order valence-electron chi connectivity index (χ3n) is 1.56. The maximum absolute atomic E-state index is 11.5. The molecule has 0 atom stereocenters. The van der Waals surface area contributed by atoms with Crippen molar-refractivity contribution in [2.75, 3.05) is 6.61 Å². The van der Waals surface area contributed by atoms with Gasteiger partial charge in [0.05, 0.1) is 12.2 Å². The van der Waals surface area contributed by atoms with Gasteiger partial charge < -0.3 is 9.84 Å². The number of carbonyl (C=O) groups is 2. The van der Waals surface area contributed by atoms with Gasteiger partial charge in [0, 0.05) is 11.8 Å². The lowest BCUT2D eigenvalue weighted by molar-refractivity contribution is 0.108. The summed E-state index contributed by atoms with van der Waals surface area (Å²) in [6.45, 7) is 1.88. The van der Waals surface area contributed by atoms with Crippen LogP contribution in [-0.2, 0) is 4.74 Å². The fourth-order valence-corrected chi connectivity index (χ4v) is 1.53. The molecule has 0 unspecified atom stereocenters. The molecular weight excluding hydrogens is 216 g/mol. The van der Waals surface area contributed by atoms with Crippen molar-refractivity contribution >= 4 is 22.2 Å². The Labute approximate surface area is 91.2 Å². The highest BCUT2D eigenvalue weighted by Gasteiger charge is 2.16. The fraction of sp³-hybridized carbons (Fsp3) is 0.200. The Hall–Kier alpha value is -1.49. The van der Waals surface area contributed by atoms with E-state index in [2.05, 4.69) is 4.74 Å². The number of aromatic hydroxyl groups is 1. The van der Waals surface area contributed by atoms with Crippen LogP contribution in [-0.4, -0.2) is 22.1 Å². The van der Waals surface area contributed by atoms with Gasteiger partial charge in [-0.2, -0.15) is 0 Å². The topological polar surface area (TPSA) is 63.6 Å². The number of ether oxygens (including phenoxy) is 1. The summed E-state index contributed by atoms with van der Waals surface area (Å²) in [7, 11) is 0. The number of carbonyl (C=O) groups excluding carboxylic acids is 2. The van der Waals surface area contributed by atoms with Crippen LogP contribution in [0.2, 0.25) is 0 Å². The molecule has 0 heterocycles. The Balaban J connectivity index is 2.70. The van der Waals surface area contributed by atoms with Gasteiger partial charge in [0.15, 0.2) is 0 Å². The highest BCUT2D eigenvalue weighted by atomic mass is 32.2. The standard InChI is InChI=1S/C10H10O4S/c1-2-14-10(13)15-9(12)7-5-3-4-6-8(7)11/h3-6,11H,2H2,1H3. The van der Waals surface area contributed by atoms with E-state index in [4.69, 9.17) is 0 Å². The van der Waals surface area contributed by atoms with E-state index < -0.39 is 10.4 Å². The number of rotatable bonds is 2. The van der Waals surface area contributed by atoms with E-state index in [0.717, 1.165) is 0 Å². The molecule has 0 spiro atoms. The Bertz CT molecular complexity index is 375. The summed E-state index contributed by atoms with van der Waals surface area (Å²) in [5, 5.41) is 8.15. The van der Waals surface area contributed by atoms with Crippen molar-refractivity contribution in [1.82, 2.24) is 0 Å². The molecule has 0 aliphatic rings. The highest BCUT2D eigenvalue weighted by Crippen LogP contribution is 2.22. The van der Waals surface area contributed by atoms with Crippen molar-refractivity contribution in [3.05, 3.63) is 29.8 Å². The minimum absolute atomic E-state index is 0.107. The summed E-state index contributed by atoms with van der Waals surface area (Å²) in [5.41, 5.74) is 0.107. The lowest BCUT2D eigenvalue weighted by atomic mass is 10.2. The average molecular weight is 226 g/mol. The minimum atomic E-state index is -0.661. The summed E-state index contributed by atoms with van der Waals surface area (Å²) in [6.07, 6.45) is 0. The average Bonchev–Trinajstić information content (AvgIpc) is 2.18. The molecule has 4 nitrogen and oxygen atoms in total. The van der Waals surface area contributed by atoms with E-state index in [1.807, 2.05) is 0 Å². The molecule has 0 amide bonds. The first-order valence-electron chi connectivity index (χ1n) is 4.32. The van der Waals surface area contributed by atoms with Gasteiger partial charge in [0.1, 0.15) is 5.75 Å². The number of thioether (sulfide) groups is 1. The molecule has 0 saturated heterocycles. The predicted octanol–water partition coefficient (Wildman–Crippen LogP) is 2.42. The van der Waals surface area contributed by atoms with Crippen LogP contribution in [0, 0.1) is 0 Å². The molecule has 5 heteroatoms. The fourth-order valence-electron chi connectivity index (χ4n) is 0.924. The van der Waals surface area contributed by atoms with Gasteiger partial charge in [0.25, 0.3) is 0 Å². The van der Waals surface area contributed by atoms with E-state index in [9.17, 15) is 14.7 Å². The van der Waals surface area contributed by atoms with Crippen molar-refractivity contribution in [1.29, 1.82) is 0 Å². The highest BCUT2D eigenvalue weighted by molar-refractivity contribution is 8.26. The molecule has 0 aliphatic carbocycles. The monoisotopic (exact) mass is 226 g/mol. The summed E-state index contributed by atoms with van der Waals surface area (Å²) in [6, 6.07) is 6.04. The maximum atomic E-state index is 11.5. The Morgan fingerprint density at radius 1 is 1.40 bits per heavy atom. The maximum Gasteiger partial charge on any atom is 0.375 e. The second-order valence-electron chi connectivity index (χ2n) is 2.59. The summed E-state index contributed by atoms with van der Waals surface area (Å²) in [4.78, 5) is 22.4. The Kier molecular flexibility index (Phi) is 4.17. The molecular formula is C10H10O4S. The van der Waals surface area contributed by atoms with Crippen molar-refractivity contribution in [2.24, 2.45) is 0 Å². The molecule has 1 N–H and O–H groups in total. The van der Waals surface area contributed by atoms with Crippen LogP contribution >= 0.6 is 11.8 Å². The van der Waals surface area contributed by atoms with Crippen LogP contribution < -0.4 is 0 Å². The number of para-hydroxylation sites is 1. The van der Waals surface area contributed by atoms with Gasteiger partial charge >= 0.3 is 5.30 Å². The smallest absolute Gasteiger partial charge is 0.375 e. The van der Waals surface area contributed by atoms with Gasteiger partial charge in [-0.1, -0.05) is 12.1 Å². The first-order valence-corrected chi connectivity index (χ1v) is 5.13. The van der Waals surface area contributed by atoms with Gasteiger partial charge in [-0.15, -0.1) is 0 Å². The third kappa shape index (κ3) is 3.28. The second kappa shape index (κ2) is 5.41. The lowest BCUT2D eigenvalue weighted by Gasteiger charge is -2.02. The quantitative estimate of drug-likeness (QED) is 0.784. The molecule has 1 aromatic rings. The lowest BCUT2D eigenvalue weighted by Crippen LogP contribution is -2.02. The Morgan fingerprint density at radius 3 is 2.67 bits per heavy atom. The van der Waals surface area contributed by atoms with E-state index in [-0.39, 0.29) is 17.9 Å². The van der Waals surface area contributed by atoms with Crippen molar-refractivity contribution in [3.63, 3.8) is 0 Å². The Morgan fingerprint density at radius 2 is 2.07 bits per heavy atom. The van der Waals surface area contributed by atoms with Crippen LogP contribution in [0.25, 0.3) is 0 Å². The van der Waals surface area contributed by atoms with Crippen LogP contribution in [0.1, 0.15) is 17.3 Å². The van der Waals surface area contributed by atoms with E-state index in [1.54, 1.807) is 19.1 Å². The van der Waals surface area contributed by atoms with Crippen molar-refractivity contribution < 1.29 is 19.4 Å². The minimum Gasteiger partial charge on any atom is -0.507 e. The molecule has 1 rings (SSSR count). The number of phenolic OH excluding ortho intramolecular Hbond substituents is 1. The van der Waals surface area contributed by atoms with Gasteiger partial charge in [-0.25, -0.2) is 4.79 Å². The predicted molar refractivity (Wildman–Crippen MR) is 57.1 cm³/mol. The van der Waals surface area contributed by atoms with E-state index in [1.165, 1.54) is 12.1 Å². The molecule has 0 radical (unpaired) electrons. The molecule has 15 heavy (non-hydrogen) atoms. The van der Waals surface area contributed by atoms with E-state index in [0.29, 0.717) is 11.8 Å². The number of hydrogen-bond donors (Lipinski definition) is 1. The molecule has 80 valence electrons. The normalized spacial score (nSPS) is 9.67. The van der Waals surface area contributed by atoms with Gasteiger partial charge in [-0.05, 0) is 19.1 Å². The zero-order valence-electron chi connectivity index (χ0n) is 8.10. The molecule has 1 aromatic carbocycles. The summed E-state index contributed by atoms with van der Waals surface area (Å²) >= 11 is 0.431. The SMILES string of the molecule is CCOC(=O)SC(=O)c1ccccc1O. The number of benzene rings is 1. The third-order valence-corrected chi connectivity index (χ3v) is 2.25. The zero-order valence-corrected chi connectivity index (χ0v) is 8.91. The largest absolute Gasteiger partial charge is 0.507 e. The summed E-state index contributed by atoms with van der Waals surface area (Å²) < 4.78 is 4.60. The first-order chi connectivity index (χ1) is 7.15. The molecule has 0 aliphatic heterocycles.